The number of rotatable bonds is 6. The Labute approximate surface area is 174 Å². The number of anilines is 2. The molecule has 160 valence electrons. The third kappa shape index (κ3) is 4.47. The highest BCUT2D eigenvalue weighted by molar-refractivity contribution is 5.90. The van der Waals surface area contributed by atoms with Crippen LogP contribution in [0.25, 0.3) is 22.4 Å². The van der Waals surface area contributed by atoms with E-state index in [1.54, 1.807) is 43.6 Å². The van der Waals surface area contributed by atoms with Crippen LogP contribution in [0.3, 0.4) is 0 Å². The molecule has 2 N–H and O–H groups in total. The Kier molecular flexibility index (Phi) is 5.28. The van der Waals surface area contributed by atoms with Crippen molar-refractivity contribution >= 4 is 22.5 Å². The van der Waals surface area contributed by atoms with E-state index in [0.717, 1.165) is 0 Å². The van der Waals surface area contributed by atoms with E-state index in [1.807, 2.05) is 0 Å². The maximum atomic E-state index is 12.5. The van der Waals surface area contributed by atoms with Crippen LogP contribution in [0.1, 0.15) is 0 Å². The number of H-pyrrole nitrogens is 1. The van der Waals surface area contributed by atoms with Gasteiger partial charge >= 0.3 is 6.36 Å². The molecule has 0 aliphatic rings. The van der Waals surface area contributed by atoms with Crippen molar-refractivity contribution in [2.45, 2.75) is 6.36 Å². The normalized spacial score (nSPS) is 11.4. The zero-order valence-corrected chi connectivity index (χ0v) is 16.4. The number of benzene rings is 2. The summed E-state index contributed by atoms with van der Waals surface area (Å²) >= 11 is 0. The molecule has 0 aliphatic heterocycles. The predicted octanol–water partition coefficient (Wildman–Crippen LogP) is 5.28. The molecule has 0 aliphatic carbocycles. The largest absolute Gasteiger partial charge is 0.573 e. The molecule has 0 bridgehead atoms. The van der Waals surface area contributed by atoms with E-state index in [2.05, 4.69) is 25.0 Å². The number of halogens is 3. The molecular formula is C21H17F3N4O3. The number of hydrogen-bond acceptors (Lipinski definition) is 6. The fourth-order valence-corrected chi connectivity index (χ4v) is 3.05. The van der Waals surface area contributed by atoms with Gasteiger partial charge in [-0.1, -0.05) is 12.1 Å². The molecule has 0 radical (unpaired) electrons. The van der Waals surface area contributed by atoms with Gasteiger partial charge in [0.25, 0.3) is 0 Å². The smallest absolute Gasteiger partial charge is 0.493 e. The lowest BCUT2D eigenvalue weighted by atomic mass is 10.2. The van der Waals surface area contributed by atoms with E-state index in [9.17, 15) is 13.2 Å². The zero-order valence-electron chi connectivity index (χ0n) is 16.4. The van der Waals surface area contributed by atoms with Crippen molar-refractivity contribution in [1.29, 1.82) is 0 Å². The predicted molar refractivity (Wildman–Crippen MR) is 109 cm³/mol. The average molecular weight is 430 g/mol. The average Bonchev–Trinajstić information content (AvgIpc) is 3.18. The second kappa shape index (κ2) is 8.05. The Balaban J connectivity index is 1.67. The zero-order chi connectivity index (χ0) is 22.0. The van der Waals surface area contributed by atoms with Crippen LogP contribution >= 0.6 is 0 Å². The summed E-state index contributed by atoms with van der Waals surface area (Å²) in [5.41, 5.74) is 2.32. The SMILES string of the molecule is COc1ccc(Nc2nccc3[nH]c(-c4cccc(OC(F)(F)F)c4)nc23)cc1OC. The van der Waals surface area contributed by atoms with Gasteiger partial charge in [-0.3, -0.25) is 0 Å². The molecule has 0 saturated carbocycles. The second-order valence-electron chi connectivity index (χ2n) is 6.41. The quantitative estimate of drug-likeness (QED) is 0.433. The maximum absolute atomic E-state index is 12.5. The molecule has 4 rings (SSSR count). The van der Waals surface area contributed by atoms with Crippen LogP contribution in [-0.4, -0.2) is 35.5 Å². The van der Waals surface area contributed by atoms with Gasteiger partial charge in [-0.15, -0.1) is 13.2 Å². The summed E-state index contributed by atoms with van der Waals surface area (Å²) in [6.45, 7) is 0. The lowest BCUT2D eigenvalue weighted by Gasteiger charge is -2.11. The number of nitrogens with one attached hydrogen (secondary N) is 2. The summed E-state index contributed by atoms with van der Waals surface area (Å²) in [4.78, 5) is 12.0. The van der Waals surface area contributed by atoms with Crippen LogP contribution in [0.2, 0.25) is 0 Å². The summed E-state index contributed by atoms with van der Waals surface area (Å²) in [6, 6.07) is 12.6. The molecule has 2 heterocycles. The highest BCUT2D eigenvalue weighted by Crippen LogP contribution is 2.33. The van der Waals surface area contributed by atoms with Crippen LogP contribution in [0.15, 0.2) is 54.7 Å². The fraction of sp³-hybridized carbons (Fsp3) is 0.143. The Bertz CT molecular complexity index is 1220. The molecule has 0 unspecified atom stereocenters. The van der Waals surface area contributed by atoms with Crippen molar-refractivity contribution in [3.05, 3.63) is 54.7 Å². The van der Waals surface area contributed by atoms with Crippen molar-refractivity contribution in [3.63, 3.8) is 0 Å². The molecule has 0 saturated heterocycles. The van der Waals surface area contributed by atoms with Crippen molar-refractivity contribution in [1.82, 2.24) is 15.0 Å². The van der Waals surface area contributed by atoms with Crippen LogP contribution in [0.5, 0.6) is 17.2 Å². The standard InChI is InChI=1S/C21H17F3N4O3/c1-29-16-7-6-13(11-17(16)30-2)26-20-18-15(8-9-25-20)27-19(28-18)12-4-3-5-14(10-12)31-21(22,23)24/h3-11H,1-2H3,(H,25,26)(H,27,28). The number of alkyl halides is 3. The van der Waals surface area contributed by atoms with Crippen molar-refractivity contribution < 1.29 is 27.4 Å². The molecule has 4 aromatic rings. The Morgan fingerprint density at radius 1 is 0.968 bits per heavy atom. The topological polar surface area (TPSA) is 81.3 Å². The number of ether oxygens (including phenoxy) is 3. The minimum absolute atomic E-state index is 0.327. The maximum Gasteiger partial charge on any atom is 0.573 e. The number of nitrogens with zero attached hydrogens (tertiary/aromatic N) is 2. The Morgan fingerprint density at radius 2 is 1.77 bits per heavy atom. The van der Waals surface area contributed by atoms with Crippen LogP contribution in [0, 0.1) is 0 Å². The van der Waals surface area contributed by atoms with Gasteiger partial charge in [0.15, 0.2) is 17.3 Å². The number of imidazole rings is 1. The number of pyridine rings is 1. The molecule has 10 heteroatoms. The summed E-state index contributed by atoms with van der Waals surface area (Å²) in [5, 5.41) is 3.18. The number of aromatic amines is 1. The van der Waals surface area contributed by atoms with Gasteiger partial charge in [-0.05, 0) is 30.3 Å². The highest BCUT2D eigenvalue weighted by atomic mass is 19.4. The molecule has 0 amide bonds. The molecule has 0 fully saturated rings. The van der Waals surface area contributed by atoms with Crippen molar-refractivity contribution in [3.8, 4) is 28.6 Å². The highest BCUT2D eigenvalue weighted by Gasteiger charge is 2.31. The number of hydrogen-bond donors (Lipinski definition) is 2. The van der Waals surface area contributed by atoms with E-state index in [-0.39, 0.29) is 5.75 Å². The van der Waals surface area contributed by atoms with Crippen molar-refractivity contribution in [2.75, 3.05) is 19.5 Å². The van der Waals surface area contributed by atoms with E-state index >= 15 is 0 Å². The molecule has 31 heavy (non-hydrogen) atoms. The first-order chi connectivity index (χ1) is 14.9. The Hall–Kier alpha value is -3.95. The first-order valence-electron chi connectivity index (χ1n) is 9.06. The number of fused-ring (bicyclic) bond motifs is 1. The summed E-state index contributed by atoms with van der Waals surface area (Å²) < 4.78 is 52.1. The molecule has 0 spiro atoms. The Morgan fingerprint density at radius 3 is 2.52 bits per heavy atom. The van der Waals surface area contributed by atoms with Crippen LogP contribution < -0.4 is 19.5 Å². The third-order valence-electron chi connectivity index (χ3n) is 4.39. The van der Waals surface area contributed by atoms with E-state index in [1.165, 1.54) is 25.3 Å². The minimum atomic E-state index is -4.77. The van der Waals surface area contributed by atoms with E-state index in [0.29, 0.717) is 45.4 Å². The van der Waals surface area contributed by atoms with E-state index < -0.39 is 6.36 Å². The van der Waals surface area contributed by atoms with Crippen LogP contribution in [0.4, 0.5) is 24.7 Å². The number of aromatic nitrogens is 3. The van der Waals surface area contributed by atoms with Gasteiger partial charge in [0.05, 0.1) is 19.7 Å². The van der Waals surface area contributed by atoms with Crippen molar-refractivity contribution in [2.24, 2.45) is 0 Å². The first-order valence-corrected chi connectivity index (χ1v) is 9.06. The summed E-state index contributed by atoms with van der Waals surface area (Å²) in [7, 11) is 3.09. The lowest BCUT2D eigenvalue weighted by molar-refractivity contribution is -0.274. The minimum Gasteiger partial charge on any atom is -0.493 e. The van der Waals surface area contributed by atoms with Gasteiger partial charge in [-0.25, -0.2) is 9.97 Å². The monoisotopic (exact) mass is 430 g/mol. The third-order valence-corrected chi connectivity index (χ3v) is 4.39. The molecule has 2 aromatic carbocycles. The first kappa shape index (κ1) is 20.3. The van der Waals surface area contributed by atoms with Crippen LogP contribution in [-0.2, 0) is 0 Å². The van der Waals surface area contributed by atoms with Gasteiger partial charge in [-0.2, -0.15) is 0 Å². The molecule has 7 nitrogen and oxygen atoms in total. The molecule has 0 atom stereocenters. The molecular weight excluding hydrogens is 413 g/mol. The van der Waals surface area contributed by atoms with Gasteiger partial charge in [0.2, 0.25) is 0 Å². The van der Waals surface area contributed by atoms with E-state index in [4.69, 9.17) is 9.47 Å². The fourth-order valence-electron chi connectivity index (χ4n) is 3.05. The number of methoxy groups -OCH3 is 2. The summed E-state index contributed by atoms with van der Waals surface area (Å²) in [6.07, 6.45) is -3.18. The van der Waals surface area contributed by atoms with Gasteiger partial charge < -0.3 is 24.5 Å². The second-order valence-corrected chi connectivity index (χ2v) is 6.41. The van der Waals surface area contributed by atoms with Gasteiger partial charge in [0.1, 0.15) is 17.1 Å². The summed E-state index contributed by atoms with van der Waals surface area (Å²) in [5.74, 6) is 1.65. The lowest BCUT2D eigenvalue weighted by Crippen LogP contribution is -2.17. The van der Waals surface area contributed by atoms with Gasteiger partial charge in [0, 0.05) is 23.5 Å². The molecule has 2 aromatic heterocycles.